The van der Waals surface area contributed by atoms with Gasteiger partial charge in [-0.3, -0.25) is 0 Å². The second kappa shape index (κ2) is 5.27. The lowest BCUT2D eigenvalue weighted by molar-refractivity contribution is 0.196. The smallest absolute Gasteiger partial charge is 0.304 e. The minimum Gasteiger partial charge on any atom is -0.497 e. The van der Waals surface area contributed by atoms with Gasteiger partial charge < -0.3 is 9.84 Å². The summed E-state index contributed by atoms with van der Waals surface area (Å²) in [4.78, 5) is 0. The van der Waals surface area contributed by atoms with Crippen LogP contribution in [0.2, 0.25) is 0 Å². The summed E-state index contributed by atoms with van der Waals surface area (Å²) < 4.78 is 37.8. The standard InChI is InChI=1S/C10H13FO4S/c1-15-10-4-2-8(3-5-10)6-9(12)7-16(11,13)14/h2-5,9,12H,6-7H2,1H3. The number of methoxy groups -OCH3 is 1. The van der Waals surface area contributed by atoms with E-state index in [0.717, 1.165) is 5.56 Å². The Bertz CT molecular complexity index is 427. The molecule has 1 aromatic rings. The molecule has 0 amide bonds. The van der Waals surface area contributed by atoms with Gasteiger partial charge in [-0.1, -0.05) is 12.1 Å². The van der Waals surface area contributed by atoms with Gasteiger partial charge in [0, 0.05) is 0 Å². The van der Waals surface area contributed by atoms with Gasteiger partial charge in [-0.15, -0.1) is 3.89 Å². The number of aliphatic hydroxyl groups is 1. The fourth-order valence-corrected chi connectivity index (χ4v) is 1.90. The van der Waals surface area contributed by atoms with Gasteiger partial charge in [0.05, 0.1) is 13.2 Å². The zero-order chi connectivity index (χ0) is 12.2. The van der Waals surface area contributed by atoms with Gasteiger partial charge >= 0.3 is 10.2 Å². The summed E-state index contributed by atoms with van der Waals surface area (Å²) in [6.07, 6.45) is -1.14. The molecule has 0 aliphatic heterocycles. The van der Waals surface area contributed by atoms with Crippen LogP contribution in [0.25, 0.3) is 0 Å². The zero-order valence-electron chi connectivity index (χ0n) is 8.76. The highest BCUT2D eigenvalue weighted by Crippen LogP contribution is 2.13. The van der Waals surface area contributed by atoms with Crippen LogP contribution in [0.5, 0.6) is 5.75 Å². The topological polar surface area (TPSA) is 63.6 Å². The van der Waals surface area contributed by atoms with Gasteiger partial charge in [-0.2, -0.15) is 8.42 Å². The van der Waals surface area contributed by atoms with Crippen molar-refractivity contribution in [2.75, 3.05) is 12.9 Å². The molecule has 0 aromatic heterocycles. The predicted octanol–water partition coefficient (Wildman–Crippen LogP) is 0.898. The highest BCUT2D eigenvalue weighted by molar-refractivity contribution is 7.86. The molecule has 4 nitrogen and oxygen atoms in total. The molecular weight excluding hydrogens is 235 g/mol. The molecule has 0 saturated heterocycles. The molecule has 1 N–H and O–H groups in total. The molecule has 1 rings (SSSR count). The molecule has 1 atom stereocenters. The number of ether oxygens (including phenoxy) is 1. The Labute approximate surface area is 93.9 Å². The average Bonchev–Trinajstić information content (AvgIpc) is 2.16. The van der Waals surface area contributed by atoms with E-state index in [2.05, 4.69) is 0 Å². The largest absolute Gasteiger partial charge is 0.497 e. The first kappa shape index (κ1) is 12.9. The molecule has 0 bridgehead atoms. The van der Waals surface area contributed by atoms with E-state index >= 15 is 0 Å². The monoisotopic (exact) mass is 248 g/mol. The maximum Gasteiger partial charge on any atom is 0.304 e. The van der Waals surface area contributed by atoms with Crippen molar-refractivity contribution in [3.8, 4) is 5.75 Å². The predicted molar refractivity (Wildman–Crippen MR) is 57.6 cm³/mol. The number of hydrogen-bond donors (Lipinski definition) is 1. The van der Waals surface area contributed by atoms with E-state index in [-0.39, 0.29) is 6.42 Å². The Morgan fingerprint density at radius 2 is 1.94 bits per heavy atom. The first-order chi connectivity index (χ1) is 7.40. The van der Waals surface area contributed by atoms with Gasteiger partial charge in [0.25, 0.3) is 0 Å². The molecule has 1 unspecified atom stereocenters. The van der Waals surface area contributed by atoms with Gasteiger partial charge in [0.2, 0.25) is 0 Å². The molecule has 0 spiro atoms. The summed E-state index contributed by atoms with van der Waals surface area (Å²) in [7, 11) is -3.10. The van der Waals surface area contributed by atoms with E-state index < -0.39 is 22.1 Å². The molecule has 0 heterocycles. The van der Waals surface area contributed by atoms with Crippen LogP contribution in [-0.2, 0) is 16.6 Å². The first-order valence-corrected chi connectivity index (χ1v) is 6.19. The van der Waals surface area contributed by atoms with Gasteiger partial charge in [0.1, 0.15) is 11.5 Å². The van der Waals surface area contributed by atoms with E-state index in [9.17, 15) is 17.4 Å². The maximum atomic E-state index is 12.3. The van der Waals surface area contributed by atoms with Gasteiger partial charge in [-0.05, 0) is 24.1 Å². The number of halogens is 1. The Morgan fingerprint density at radius 1 is 1.38 bits per heavy atom. The molecule has 6 heteroatoms. The van der Waals surface area contributed by atoms with Crippen molar-refractivity contribution in [1.82, 2.24) is 0 Å². The normalized spacial score (nSPS) is 13.4. The maximum absolute atomic E-state index is 12.3. The number of hydrogen-bond acceptors (Lipinski definition) is 4. The molecule has 0 saturated carbocycles. The minimum absolute atomic E-state index is 0.0904. The summed E-state index contributed by atoms with van der Waals surface area (Å²) in [5, 5.41) is 9.31. The van der Waals surface area contributed by atoms with Crippen molar-refractivity contribution < 1.29 is 22.1 Å². The van der Waals surface area contributed by atoms with Crippen molar-refractivity contribution in [3.05, 3.63) is 29.8 Å². The summed E-state index contributed by atoms with van der Waals surface area (Å²) in [6, 6.07) is 6.75. The van der Waals surface area contributed by atoms with Crippen molar-refractivity contribution in [3.63, 3.8) is 0 Å². The molecule has 1 aromatic carbocycles. The van der Waals surface area contributed by atoms with E-state index in [1.807, 2.05) is 0 Å². The van der Waals surface area contributed by atoms with Crippen molar-refractivity contribution in [2.45, 2.75) is 12.5 Å². The molecule has 16 heavy (non-hydrogen) atoms. The van der Waals surface area contributed by atoms with Crippen LogP contribution < -0.4 is 4.74 Å². The molecule has 0 radical (unpaired) electrons. The van der Waals surface area contributed by atoms with E-state index in [4.69, 9.17) is 4.74 Å². The molecule has 0 aliphatic carbocycles. The number of aliphatic hydroxyl groups excluding tert-OH is 1. The van der Waals surface area contributed by atoms with E-state index in [1.54, 1.807) is 24.3 Å². The fourth-order valence-electron chi connectivity index (χ4n) is 1.32. The lowest BCUT2D eigenvalue weighted by Gasteiger charge is -2.08. The van der Waals surface area contributed by atoms with Crippen LogP contribution in [0, 0.1) is 0 Å². The van der Waals surface area contributed by atoms with Crippen LogP contribution in [0.15, 0.2) is 24.3 Å². The lowest BCUT2D eigenvalue weighted by Crippen LogP contribution is -2.20. The molecular formula is C10H13FO4S. The molecule has 90 valence electrons. The van der Waals surface area contributed by atoms with Gasteiger partial charge in [-0.25, -0.2) is 0 Å². The van der Waals surface area contributed by atoms with Crippen LogP contribution in [0.1, 0.15) is 5.56 Å². The lowest BCUT2D eigenvalue weighted by atomic mass is 10.1. The SMILES string of the molecule is COc1ccc(CC(O)CS(=O)(=O)F)cc1. The third-order valence-corrected chi connectivity index (χ3v) is 2.80. The average molecular weight is 248 g/mol. The zero-order valence-corrected chi connectivity index (χ0v) is 9.58. The van der Waals surface area contributed by atoms with E-state index in [1.165, 1.54) is 7.11 Å². The van der Waals surface area contributed by atoms with Crippen LogP contribution in [0.4, 0.5) is 3.89 Å². The Hall–Kier alpha value is -1.14. The Morgan fingerprint density at radius 3 is 2.38 bits per heavy atom. The quantitative estimate of drug-likeness (QED) is 0.786. The number of benzene rings is 1. The van der Waals surface area contributed by atoms with Crippen molar-refractivity contribution in [1.29, 1.82) is 0 Å². The third-order valence-electron chi connectivity index (χ3n) is 2.02. The van der Waals surface area contributed by atoms with Crippen LogP contribution in [-0.4, -0.2) is 32.5 Å². The van der Waals surface area contributed by atoms with Gasteiger partial charge in [0.15, 0.2) is 0 Å². The third kappa shape index (κ3) is 4.59. The number of rotatable bonds is 5. The Kier molecular flexibility index (Phi) is 4.26. The summed E-state index contributed by atoms with van der Waals surface area (Å²) in [5.41, 5.74) is 0.719. The van der Waals surface area contributed by atoms with Crippen LogP contribution >= 0.6 is 0 Å². The summed E-state index contributed by atoms with van der Waals surface area (Å²) >= 11 is 0. The highest BCUT2D eigenvalue weighted by atomic mass is 32.3. The van der Waals surface area contributed by atoms with Crippen LogP contribution in [0.3, 0.4) is 0 Å². The minimum atomic E-state index is -4.63. The first-order valence-electron chi connectivity index (χ1n) is 4.64. The Balaban J connectivity index is 2.59. The highest BCUT2D eigenvalue weighted by Gasteiger charge is 2.16. The van der Waals surface area contributed by atoms with E-state index in [0.29, 0.717) is 5.75 Å². The molecule has 0 aliphatic rings. The fraction of sp³-hybridized carbons (Fsp3) is 0.400. The molecule has 0 fully saturated rings. The second-order valence-corrected chi connectivity index (χ2v) is 4.82. The van der Waals surface area contributed by atoms with Crippen molar-refractivity contribution in [2.24, 2.45) is 0 Å². The second-order valence-electron chi connectivity index (χ2n) is 3.41. The summed E-state index contributed by atoms with van der Waals surface area (Å²) in [5.74, 6) is -0.213. The van der Waals surface area contributed by atoms with Crippen molar-refractivity contribution >= 4 is 10.2 Å². The summed E-state index contributed by atoms with van der Waals surface area (Å²) in [6.45, 7) is 0.